The summed E-state index contributed by atoms with van der Waals surface area (Å²) < 4.78 is 23.5. The summed E-state index contributed by atoms with van der Waals surface area (Å²) in [6.07, 6.45) is -0.724. The molecule has 4 nitrogen and oxygen atoms in total. The molecule has 0 bridgehead atoms. The maximum Gasteiger partial charge on any atom is 0.123 e. The average Bonchev–Trinajstić information content (AvgIpc) is 2.39. The van der Waals surface area contributed by atoms with Gasteiger partial charge in [0.25, 0.3) is 0 Å². The van der Waals surface area contributed by atoms with E-state index in [2.05, 4.69) is 0 Å². The molecule has 0 spiro atoms. The van der Waals surface area contributed by atoms with Crippen molar-refractivity contribution in [2.75, 3.05) is 45.4 Å². The van der Waals surface area contributed by atoms with Crippen LogP contribution in [0.1, 0.15) is 18.6 Å². The van der Waals surface area contributed by atoms with Gasteiger partial charge in [-0.25, -0.2) is 4.39 Å². The van der Waals surface area contributed by atoms with Gasteiger partial charge in [0.2, 0.25) is 0 Å². The van der Waals surface area contributed by atoms with Crippen LogP contribution < -0.4 is 4.90 Å². The summed E-state index contributed by atoms with van der Waals surface area (Å²) in [5, 5.41) is 9.77. The second kappa shape index (κ2) is 8.09. The Morgan fingerprint density at radius 1 is 1.21 bits per heavy atom. The number of methoxy groups -OCH3 is 2. The molecule has 0 fully saturated rings. The molecule has 0 radical (unpaired) electrons. The van der Waals surface area contributed by atoms with Crippen LogP contribution in [-0.4, -0.2) is 45.6 Å². The van der Waals surface area contributed by atoms with Gasteiger partial charge in [0, 0.05) is 38.6 Å². The molecule has 5 heteroatoms. The van der Waals surface area contributed by atoms with Crippen LogP contribution >= 0.6 is 0 Å². The lowest BCUT2D eigenvalue weighted by Crippen LogP contribution is -2.31. The van der Waals surface area contributed by atoms with Gasteiger partial charge in [-0.2, -0.15) is 0 Å². The number of hydrogen-bond acceptors (Lipinski definition) is 4. The van der Waals surface area contributed by atoms with Crippen molar-refractivity contribution in [2.45, 2.75) is 13.0 Å². The third kappa shape index (κ3) is 4.78. The van der Waals surface area contributed by atoms with Crippen LogP contribution in [0, 0.1) is 5.82 Å². The van der Waals surface area contributed by atoms with E-state index in [1.165, 1.54) is 12.1 Å². The molecule has 108 valence electrons. The molecule has 0 amide bonds. The van der Waals surface area contributed by atoms with Crippen molar-refractivity contribution < 1.29 is 19.0 Å². The fourth-order valence-corrected chi connectivity index (χ4v) is 1.90. The van der Waals surface area contributed by atoms with Crippen molar-refractivity contribution in [2.24, 2.45) is 0 Å². The highest BCUT2D eigenvalue weighted by Gasteiger charge is 2.15. The molecular weight excluding hydrogens is 249 g/mol. The summed E-state index contributed by atoms with van der Waals surface area (Å²) in [6.45, 7) is 4.06. The standard InChI is InChI=1S/C14H22FNO3/c1-11(17)13-10-12(15)4-5-14(13)16(6-8-18-2)7-9-19-3/h4-5,10-11,17H,6-9H2,1-3H3/t11-/m1/s1. The summed E-state index contributed by atoms with van der Waals surface area (Å²) >= 11 is 0. The Hall–Kier alpha value is -1.17. The number of ether oxygens (including phenoxy) is 2. The lowest BCUT2D eigenvalue weighted by molar-refractivity contribution is 0.187. The largest absolute Gasteiger partial charge is 0.389 e. The first kappa shape index (κ1) is 15.9. The Morgan fingerprint density at radius 3 is 2.26 bits per heavy atom. The fourth-order valence-electron chi connectivity index (χ4n) is 1.90. The predicted molar refractivity (Wildman–Crippen MR) is 73.0 cm³/mol. The van der Waals surface area contributed by atoms with Crippen LogP contribution in [-0.2, 0) is 9.47 Å². The minimum Gasteiger partial charge on any atom is -0.389 e. The van der Waals surface area contributed by atoms with Gasteiger partial charge < -0.3 is 19.5 Å². The molecule has 0 aliphatic heterocycles. The monoisotopic (exact) mass is 271 g/mol. The highest BCUT2D eigenvalue weighted by Crippen LogP contribution is 2.27. The number of anilines is 1. The van der Waals surface area contributed by atoms with Crippen LogP contribution in [0.4, 0.5) is 10.1 Å². The topological polar surface area (TPSA) is 41.9 Å². The maximum absolute atomic E-state index is 13.3. The first-order valence-electron chi connectivity index (χ1n) is 6.30. The average molecular weight is 271 g/mol. The van der Waals surface area contributed by atoms with Crippen molar-refractivity contribution in [1.82, 2.24) is 0 Å². The highest BCUT2D eigenvalue weighted by molar-refractivity contribution is 5.54. The zero-order chi connectivity index (χ0) is 14.3. The molecule has 0 unspecified atom stereocenters. The molecule has 0 aromatic heterocycles. The van der Waals surface area contributed by atoms with Gasteiger partial charge in [-0.15, -0.1) is 0 Å². The molecule has 0 aliphatic carbocycles. The molecule has 0 aliphatic rings. The van der Waals surface area contributed by atoms with E-state index in [1.807, 2.05) is 4.90 Å². The third-order valence-electron chi connectivity index (χ3n) is 2.91. The predicted octanol–water partition coefficient (Wildman–Crippen LogP) is 1.98. The minimum atomic E-state index is -0.724. The van der Waals surface area contributed by atoms with E-state index in [9.17, 15) is 9.50 Å². The van der Waals surface area contributed by atoms with Crippen LogP contribution in [0.3, 0.4) is 0 Å². The summed E-state index contributed by atoms with van der Waals surface area (Å²) in [4.78, 5) is 2.02. The molecule has 1 aromatic rings. The van der Waals surface area contributed by atoms with E-state index in [0.29, 0.717) is 31.9 Å². The number of nitrogens with zero attached hydrogens (tertiary/aromatic N) is 1. The number of aliphatic hydroxyl groups excluding tert-OH is 1. The Morgan fingerprint density at radius 2 is 1.79 bits per heavy atom. The lowest BCUT2D eigenvalue weighted by atomic mass is 10.1. The Balaban J connectivity index is 2.98. The Kier molecular flexibility index (Phi) is 6.77. The third-order valence-corrected chi connectivity index (χ3v) is 2.91. The van der Waals surface area contributed by atoms with Crippen LogP contribution in [0.2, 0.25) is 0 Å². The molecule has 0 heterocycles. The van der Waals surface area contributed by atoms with Gasteiger partial charge in [0.05, 0.1) is 19.3 Å². The fraction of sp³-hybridized carbons (Fsp3) is 0.571. The molecule has 0 saturated carbocycles. The van der Waals surface area contributed by atoms with E-state index in [0.717, 1.165) is 5.69 Å². The quantitative estimate of drug-likeness (QED) is 0.785. The van der Waals surface area contributed by atoms with E-state index in [1.54, 1.807) is 27.2 Å². The number of aliphatic hydroxyl groups is 1. The van der Waals surface area contributed by atoms with E-state index in [-0.39, 0.29) is 5.82 Å². The molecule has 1 aromatic carbocycles. The molecule has 1 rings (SSSR count). The van der Waals surface area contributed by atoms with Gasteiger partial charge >= 0.3 is 0 Å². The smallest absolute Gasteiger partial charge is 0.123 e. The molecule has 1 atom stereocenters. The first-order valence-corrected chi connectivity index (χ1v) is 6.30. The Bertz CT molecular complexity index is 377. The van der Waals surface area contributed by atoms with Crippen LogP contribution in [0.5, 0.6) is 0 Å². The summed E-state index contributed by atoms with van der Waals surface area (Å²) in [6, 6.07) is 4.45. The van der Waals surface area contributed by atoms with Crippen LogP contribution in [0.25, 0.3) is 0 Å². The van der Waals surface area contributed by atoms with E-state index in [4.69, 9.17) is 9.47 Å². The maximum atomic E-state index is 13.3. The number of rotatable bonds is 8. The van der Waals surface area contributed by atoms with Crippen molar-refractivity contribution >= 4 is 5.69 Å². The van der Waals surface area contributed by atoms with Gasteiger partial charge in [0.1, 0.15) is 5.82 Å². The molecule has 19 heavy (non-hydrogen) atoms. The van der Waals surface area contributed by atoms with E-state index < -0.39 is 6.10 Å². The molecule has 1 N–H and O–H groups in total. The number of halogens is 1. The Labute approximate surface area is 113 Å². The van der Waals surface area contributed by atoms with Crippen molar-refractivity contribution in [3.8, 4) is 0 Å². The zero-order valence-electron chi connectivity index (χ0n) is 11.7. The second-order valence-corrected chi connectivity index (χ2v) is 4.35. The lowest BCUT2D eigenvalue weighted by Gasteiger charge is -2.27. The summed E-state index contributed by atoms with van der Waals surface area (Å²) in [5.41, 5.74) is 1.39. The van der Waals surface area contributed by atoms with Gasteiger partial charge in [-0.1, -0.05) is 0 Å². The highest BCUT2D eigenvalue weighted by atomic mass is 19.1. The number of benzene rings is 1. The molecular formula is C14H22FNO3. The zero-order valence-corrected chi connectivity index (χ0v) is 11.7. The van der Waals surface area contributed by atoms with E-state index >= 15 is 0 Å². The van der Waals surface area contributed by atoms with Crippen molar-refractivity contribution in [3.63, 3.8) is 0 Å². The van der Waals surface area contributed by atoms with Crippen molar-refractivity contribution in [1.29, 1.82) is 0 Å². The summed E-state index contributed by atoms with van der Waals surface area (Å²) in [5.74, 6) is -0.349. The summed E-state index contributed by atoms with van der Waals surface area (Å²) in [7, 11) is 3.27. The van der Waals surface area contributed by atoms with Crippen molar-refractivity contribution in [3.05, 3.63) is 29.6 Å². The SMILES string of the molecule is COCCN(CCOC)c1ccc(F)cc1[C@@H](C)O. The van der Waals surface area contributed by atoms with Gasteiger partial charge in [-0.05, 0) is 25.1 Å². The second-order valence-electron chi connectivity index (χ2n) is 4.35. The molecule has 0 saturated heterocycles. The first-order chi connectivity index (χ1) is 9.10. The van der Waals surface area contributed by atoms with Gasteiger partial charge in [-0.3, -0.25) is 0 Å². The van der Waals surface area contributed by atoms with Crippen LogP contribution in [0.15, 0.2) is 18.2 Å². The van der Waals surface area contributed by atoms with Gasteiger partial charge in [0.15, 0.2) is 0 Å². The minimum absolute atomic E-state index is 0.349. The number of hydrogen-bond donors (Lipinski definition) is 1. The normalized spacial score (nSPS) is 12.5.